The van der Waals surface area contributed by atoms with E-state index in [0.29, 0.717) is 10.8 Å². The molecule has 0 aliphatic rings. The van der Waals surface area contributed by atoms with E-state index >= 15 is 0 Å². The molecule has 2 rings (SSSR count). The summed E-state index contributed by atoms with van der Waals surface area (Å²) in [5.74, 6) is -0.101. The number of ether oxygens (including phenoxy) is 1. The van der Waals surface area contributed by atoms with Crippen molar-refractivity contribution in [2.45, 2.75) is 13.5 Å². The molecule has 1 aromatic carbocycles. The fraction of sp³-hybridized carbons (Fsp3) is 0.250. The van der Waals surface area contributed by atoms with E-state index in [1.807, 2.05) is 6.92 Å². The van der Waals surface area contributed by atoms with Gasteiger partial charge in [0.15, 0.2) is 0 Å². The highest BCUT2D eigenvalue weighted by Gasteiger charge is 2.11. The highest BCUT2D eigenvalue weighted by atomic mass is 35.5. The van der Waals surface area contributed by atoms with Crippen molar-refractivity contribution in [3.8, 4) is 5.75 Å². The van der Waals surface area contributed by atoms with Crippen LogP contribution in [0.4, 0.5) is 10.1 Å². The summed E-state index contributed by atoms with van der Waals surface area (Å²) >= 11 is 6.08. The second kappa shape index (κ2) is 4.86. The van der Waals surface area contributed by atoms with Crippen LogP contribution in [0.1, 0.15) is 11.4 Å². The highest BCUT2D eigenvalue weighted by molar-refractivity contribution is 6.31. The quantitative estimate of drug-likeness (QED) is 0.872. The molecule has 96 valence electrons. The van der Waals surface area contributed by atoms with Crippen molar-refractivity contribution < 1.29 is 9.13 Å². The highest BCUT2D eigenvalue weighted by Crippen LogP contribution is 2.23. The SMILES string of the molecule is Cc1nn(C)c(COc2ccc(N)c(F)c2)c1Cl. The molecule has 0 amide bonds. The summed E-state index contributed by atoms with van der Waals surface area (Å²) in [4.78, 5) is 0. The number of halogens is 2. The Morgan fingerprint density at radius 1 is 1.50 bits per heavy atom. The average molecular weight is 270 g/mol. The van der Waals surface area contributed by atoms with Gasteiger partial charge in [0.05, 0.1) is 22.1 Å². The first-order valence-corrected chi connectivity index (χ1v) is 5.72. The van der Waals surface area contributed by atoms with Crippen LogP contribution in [-0.2, 0) is 13.7 Å². The minimum atomic E-state index is -0.500. The number of hydrogen-bond donors (Lipinski definition) is 1. The molecule has 2 N–H and O–H groups in total. The van der Waals surface area contributed by atoms with Gasteiger partial charge in [-0.2, -0.15) is 5.10 Å². The van der Waals surface area contributed by atoms with Crippen molar-refractivity contribution in [1.29, 1.82) is 0 Å². The molecular formula is C12H13ClFN3O. The lowest BCUT2D eigenvalue weighted by atomic mass is 10.3. The zero-order chi connectivity index (χ0) is 13.3. The third kappa shape index (κ3) is 2.41. The number of nitrogen functional groups attached to an aromatic ring is 1. The molecule has 0 bridgehead atoms. The topological polar surface area (TPSA) is 53.1 Å². The van der Waals surface area contributed by atoms with E-state index in [0.717, 1.165) is 11.4 Å². The third-order valence-corrected chi connectivity index (χ3v) is 3.10. The van der Waals surface area contributed by atoms with Crippen LogP contribution in [0.2, 0.25) is 5.02 Å². The van der Waals surface area contributed by atoms with Gasteiger partial charge in [0.1, 0.15) is 18.2 Å². The maximum Gasteiger partial charge on any atom is 0.149 e. The summed E-state index contributed by atoms with van der Waals surface area (Å²) in [6.45, 7) is 2.04. The van der Waals surface area contributed by atoms with E-state index in [1.54, 1.807) is 17.8 Å². The Morgan fingerprint density at radius 2 is 2.22 bits per heavy atom. The van der Waals surface area contributed by atoms with Crippen molar-refractivity contribution in [3.05, 3.63) is 40.4 Å². The summed E-state index contributed by atoms with van der Waals surface area (Å²) < 4.78 is 20.3. The van der Waals surface area contributed by atoms with Crippen molar-refractivity contribution in [2.24, 2.45) is 7.05 Å². The Morgan fingerprint density at radius 3 is 2.78 bits per heavy atom. The third-order valence-electron chi connectivity index (χ3n) is 2.61. The Labute approximate surface area is 109 Å². The van der Waals surface area contributed by atoms with Crippen LogP contribution < -0.4 is 10.5 Å². The van der Waals surface area contributed by atoms with Gasteiger partial charge < -0.3 is 10.5 Å². The minimum absolute atomic E-state index is 0.0942. The van der Waals surface area contributed by atoms with E-state index < -0.39 is 5.82 Å². The zero-order valence-electron chi connectivity index (χ0n) is 10.1. The molecule has 0 aliphatic carbocycles. The number of aromatic nitrogens is 2. The lowest BCUT2D eigenvalue weighted by Crippen LogP contribution is -2.04. The molecule has 1 aromatic heterocycles. The first-order chi connectivity index (χ1) is 8.49. The molecule has 0 saturated carbocycles. The lowest BCUT2D eigenvalue weighted by Gasteiger charge is -2.07. The molecule has 18 heavy (non-hydrogen) atoms. The van der Waals surface area contributed by atoms with Gasteiger partial charge in [0.2, 0.25) is 0 Å². The number of nitrogens with zero attached hydrogens (tertiary/aromatic N) is 2. The van der Waals surface area contributed by atoms with Crippen molar-refractivity contribution >= 4 is 17.3 Å². The first kappa shape index (κ1) is 12.7. The summed E-state index contributed by atoms with van der Waals surface area (Å²) in [7, 11) is 1.78. The van der Waals surface area contributed by atoms with Gasteiger partial charge in [0.25, 0.3) is 0 Å². The molecule has 2 aromatic rings. The molecule has 6 heteroatoms. The number of aryl methyl sites for hydroxylation is 2. The monoisotopic (exact) mass is 269 g/mol. The number of rotatable bonds is 3. The van der Waals surface area contributed by atoms with Crippen LogP contribution in [0.15, 0.2) is 18.2 Å². The van der Waals surface area contributed by atoms with Crippen molar-refractivity contribution in [1.82, 2.24) is 9.78 Å². The maximum absolute atomic E-state index is 13.2. The molecular weight excluding hydrogens is 257 g/mol. The second-order valence-corrected chi connectivity index (χ2v) is 4.32. The van der Waals surface area contributed by atoms with Crippen LogP contribution in [-0.4, -0.2) is 9.78 Å². The van der Waals surface area contributed by atoms with Crippen LogP contribution >= 0.6 is 11.6 Å². The largest absolute Gasteiger partial charge is 0.487 e. The summed E-state index contributed by atoms with van der Waals surface area (Å²) in [5, 5.41) is 4.73. The van der Waals surface area contributed by atoms with E-state index in [4.69, 9.17) is 22.1 Å². The normalized spacial score (nSPS) is 10.7. The molecule has 0 atom stereocenters. The van der Waals surface area contributed by atoms with Crippen molar-refractivity contribution in [2.75, 3.05) is 5.73 Å². The molecule has 0 fully saturated rings. The lowest BCUT2D eigenvalue weighted by molar-refractivity contribution is 0.293. The standard InChI is InChI=1S/C12H13ClFN3O/c1-7-12(13)11(17(2)16-7)6-18-8-3-4-10(15)9(14)5-8/h3-5H,6,15H2,1-2H3. The molecule has 0 aliphatic heterocycles. The summed E-state index contributed by atoms with van der Waals surface area (Å²) in [5.41, 5.74) is 6.96. The Kier molecular flexibility index (Phi) is 3.43. The van der Waals surface area contributed by atoms with E-state index in [1.165, 1.54) is 12.1 Å². The van der Waals surface area contributed by atoms with E-state index in [-0.39, 0.29) is 12.3 Å². The predicted molar refractivity (Wildman–Crippen MR) is 68.1 cm³/mol. The molecule has 0 saturated heterocycles. The van der Waals surface area contributed by atoms with Crippen LogP contribution in [0.5, 0.6) is 5.75 Å². The number of nitrogens with two attached hydrogens (primary N) is 1. The van der Waals surface area contributed by atoms with Gasteiger partial charge in [-0.1, -0.05) is 11.6 Å². The fourth-order valence-corrected chi connectivity index (χ4v) is 1.80. The number of hydrogen-bond acceptors (Lipinski definition) is 3. The van der Waals surface area contributed by atoms with Gasteiger partial charge in [0, 0.05) is 13.1 Å². The van der Waals surface area contributed by atoms with Gasteiger partial charge in [-0.25, -0.2) is 4.39 Å². The van der Waals surface area contributed by atoms with Gasteiger partial charge in [-0.15, -0.1) is 0 Å². The fourth-order valence-electron chi connectivity index (χ4n) is 1.59. The Hall–Kier alpha value is -1.75. The first-order valence-electron chi connectivity index (χ1n) is 5.35. The minimum Gasteiger partial charge on any atom is -0.487 e. The van der Waals surface area contributed by atoms with Crippen LogP contribution in [0, 0.1) is 12.7 Å². The smallest absolute Gasteiger partial charge is 0.149 e. The van der Waals surface area contributed by atoms with E-state index in [2.05, 4.69) is 5.10 Å². The molecule has 0 unspecified atom stereocenters. The molecule has 0 spiro atoms. The van der Waals surface area contributed by atoms with Gasteiger partial charge in [-0.05, 0) is 19.1 Å². The molecule has 0 radical (unpaired) electrons. The second-order valence-electron chi connectivity index (χ2n) is 3.94. The molecule has 4 nitrogen and oxygen atoms in total. The van der Waals surface area contributed by atoms with E-state index in [9.17, 15) is 4.39 Å². The summed E-state index contributed by atoms with van der Waals surface area (Å²) in [6, 6.07) is 4.31. The number of anilines is 1. The summed E-state index contributed by atoms with van der Waals surface area (Å²) in [6.07, 6.45) is 0. The van der Waals surface area contributed by atoms with Crippen molar-refractivity contribution in [3.63, 3.8) is 0 Å². The van der Waals surface area contributed by atoms with Gasteiger partial charge in [-0.3, -0.25) is 4.68 Å². The zero-order valence-corrected chi connectivity index (χ0v) is 10.8. The van der Waals surface area contributed by atoms with Crippen LogP contribution in [0.3, 0.4) is 0 Å². The number of benzene rings is 1. The maximum atomic E-state index is 13.2. The van der Waals surface area contributed by atoms with Crippen LogP contribution in [0.25, 0.3) is 0 Å². The molecule has 1 heterocycles. The average Bonchev–Trinajstić information content (AvgIpc) is 2.56. The van der Waals surface area contributed by atoms with Gasteiger partial charge >= 0.3 is 0 Å². The Balaban J connectivity index is 2.14. The predicted octanol–water partition coefficient (Wildman–Crippen LogP) is 2.68. The Bertz CT molecular complexity index is 583.